The Kier molecular flexibility index (Phi) is 6.59. The van der Waals surface area contributed by atoms with Crippen molar-refractivity contribution >= 4 is 38.2 Å². The first-order valence-corrected chi connectivity index (χ1v) is 13.1. The van der Waals surface area contributed by atoms with Crippen molar-refractivity contribution in [3.63, 3.8) is 0 Å². The summed E-state index contributed by atoms with van der Waals surface area (Å²) in [6.45, 7) is 2.61. The molecule has 34 heavy (non-hydrogen) atoms. The summed E-state index contributed by atoms with van der Waals surface area (Å²) in [4.78, 5) is 22.1. The molecule has 2 heterocycles. The summed E-state index contributed by atoms with van der Waals surface area (Å²) in [5.41, 5.74) is 4.05. The van der Waals surface area contributed by atoms with Gasteiger partial charge >= 0.3 is 0 Å². The normalized spacial score (nSPS) is 13.4. The van der Waals surface area contributed by atoms with Gasteiger partial charge in [-0.25, -0.2) is 4.98 Å². The molecule has 174 valence electrons. The van der Waals surface area contributed by atoms with Crippen LogP contribution in [0.15, 0.2) is 65.0 Å². The second kappa shape index (κ2) is 9.78. The maximum absolute atomic E-state index is 14.0. The van der Waals surface area contributed by atoms with Gasteiger partial charge in [0.2, 0.25) is 0 Å². The quantitative estimate of drug-likeness (QED) is 0.366. The third kappa shape index (κ3) is 4.08. The maximum atomic E-state index is 14.0. The second-order valence-corrected chi connectivity index (χ2v) is 10.4. The van der Waals surface area contributed by atoms with E-state index >= 15 is 0 Å². The first-order chi connectivity index (χ1) is 16.6. The lowest BCUT2D eigenvalue weighted by Crippen LogP contribution is -2.24. The third-order valence-corrected chi connectivity index (χ3v) is 8.47. The molecule has 2 aromatic carbocycles. The summed E-state index contributed by atoms with van der Waals surface area (Å²) in [5.74, 6) is 2.32. The highest BCUT2D eigenvalue weighted by Crippen LogP contribution is 2.45. The van der Waals surface area contributed by atoms with Crippen LogP contribution in [0.5, 0.6) is 5.75 Å². The van der Waals surface area contributed by atoms with Crippen LogP contribution in [0.1, 0.15) is 29.3 Å². The molecule has 0 spiro atoms. The van der Waals surface area contributed by atoms with Crippen LogP contribution >= 0.6 is 23.1 Å². The molecule has 5 rings (SSSR count). The summed E-state index contributed by atoms with van der Waals surface area (Å²) < 4.78 is 7.12. The Hall–Kier alpha value is -2.87. The first-order valence-electron chi connectivity index (χ1n) is 11.3. The van der Waals surface area contributed by atoms with E-state index in [0.29, 0.717) is 12.4 Å². The number of benzene rings is 2. The molecule has 4 aromatic rings. The van der Waals surface area contributed by atoms with Gasteiger partial charge in [-0.2, -0.15) is 0 Å². The number of aliphatic hydroxyl groups is 1. The number of thioether (sulfide) groups is 1. The minimum atomic E-state index is -0.00883. The number of thiophene rings is 1. The largest absolute Gasteiger partial charge is 0.497 e. The molecule has 0 saturated heterocycles. The van der Waals surface area contributed by atoms with Gasteiger partial charge in [0, 0.05) is 15.3 Å². The Morgan fingerprint density at radius 3 is 2.56 bits per heavy atom. The highest BCUT2D eigenvalue weighted by Gasteiger charge is 2.27. The van der Waals surface area contributed by atoms with Gasteiger partial charge in [0.25, 0.3) is 5.56 Å². The molecule has 0 aliphatic heterocycles. The molecule has 0 fully saturated rings. The SMILES string of the molecule is CCSC1=C(CO)CCc2c1sc1nc(-c3ccc(OC)cc3)n(Cc3ccccc3)c(=O)c21. The predicted octanol–water partition coefficient (Wildman–Crippen LogP) is 5.58. The average molecular weight is 491 g/mol. The van der Waals surface area contributed by atoms with Crippen LogP contribution in [-0.4, -0.2) is 34.1 Å². The van der Waals surface area contributed by atoms with E-state index in [9.17, 15) is 9.90 Å². The van der Waals surface area contributed by atoms with E-state index < -0.39 is 0 Å². The summed E-state index contributed by atoms with van der Waals surface area (Å²) in [6, 6.07) is 17.7. The van der Waals surface area contributed by atoms with Crippen LogP contribution in [0, 0.1) is 0 Å². The molecule has 0 atom stereocenters. The molecule has 1 N–H and O–H groups in total. The van der Waals surface area contributed by atoms with Crippen LogP contribution in [0.3, 0.4) is 0 Å². The molecule has 0 radical (unpaired) electrons. The number of nitrogens with zero attached hydrogens (tertiary/aromatic N) is 2. The van der Waals surface area contributed by atoms with Crippen molar-refractivity contribution in [2.75, 3.05) is 19.5 Å². The lowest BCUT2D eigenvalue weighted by atomic mass is 9.96. The Bertz CT molecular complexity index is 1420. The van der Waals surface area contributed by atoms with Crippen molar-refractivity contribution in [1.29, 1.82) is 0 Å². The molecule has 7 heteroatoms. The molecule has 1 aliphatic carbocycles. The second-order valence-electron chi connectivity index (χ2n) is 8.15. The molecule has 0 amide bonds. The van der Waals surface area contributed by atoms with Crippen molar-refractivity contribution < 1.29 is 9.84 Å². The monoisotopic (exact) mass is 490 g/mol. The van der Waals surface area contributed by atoms with Gasteiger partial charge < -0.3 is 9.84 Å². The van der Waals surface area contributed by atoms with E-state index in [2.05, 4.69) is 6.92 Å². The van der Waals surface area contributed by atoms with Crippen molar-refractivity contribution in [2.24, 2.45) is 0 Å². The van der Waals surface area contributed by atoms with Crippen molar-refractivity contribution in [3.05, 3.63) is 86.5 Å². The van der Waals surface area contributed by atoms with E-state index in [-0.39, 0.29) is 12.2 Å². The zero-order valence-corrected chi connectivity index (χ0v) is 20.8. The number of aliphatic hydroxyl groups excluding tert-OH is 1. The van der Waals surface area contributed by atoms with Gasteiger partial charge in [-0.05, 0) is 59.6 Å². The van der Waals surface area contributed by atoms with Gasteiger partial charge in [0.15, 0.2) is 0 Å². The maximum Gasteiger partial charge on any atom is 0.263 e. The standard InChI is InChI=1S/C27H26N2O3S2/c1-3-33-23-19(16-30)11-14-21-22-26(34-24(21)23)28-25(18-9-12-20(32-2)13-10-18)29(27(22)31)15-17-7-5-4-6-8-17/h4-10,12-13,30H,3,11,14-16H2,1-2H3. The van der Waals surface area contributed by atoms with Crippen molar-refractivity contribution in [1.82, 2.24) is 9.55 Å². The minimum absolute atomic E-state index is 0.00883. The fourth-order valence-corrected chi connectivity index (χ4v) is 6.86. The Morgan fingerprint density at radius 2 is 1.88 bits per heavy atom. The number of methoxy groups -OCH3 is 1. The lowest BCUT2D eigenvalue weighted by molar-refractivity contribution is 0.327. The van der Waals surface area contributed by atoms with E-state index in [4.69, 9.17) is 9.72 Å². The summed E-state index contributed by atoms with van der Waals surface area (Å²) in [6.07, 6.45) is 1.53. The predicted molar refractivity (Wildman–Crippen MR) is 142 cm³/mol. The fourth-order valence-electron chi connectivity index (χ4n) is 4.45. The van der Waals surface area contributed by atoms with Gasteiger partial charge in [0.05, 0.1) is 25.6 Å². The number of rotatable bonds is 7. The Balaban J connectivity index is 1.76. The smallest absolute Gasteiger partial charge is 0.263 e. The molecule has 0 unspecified atom stereocenters. The topological polar surface area (TPSA) is 64.4 Å². The van der Waals surface area contributed by atoms with Crippen molar-refractivity contribution in [3.8, 4) is 17.1 Å². The number of hydrogen-bond acceptors (Lipinski definition) is 6. The van der Waals surface area contributed by atoms with Crippen LogP contribution in [0.2, 0.25) is 0 Å². The fraction of sp³-hybridized carbons (Fsp3) is 0.259. The molecule has 2 aromatic heterocycles. The Labute approximate surface area is 206 Å². The molecular weight excluding hydrogens is 464 g/mol. The number of fused-ring (bicyclic) bond motifs is 3. The minimum Gasteiger partial charge on any atom is -0.497 e. The molecule has 5 nitrogen and oxygen atoms in total. The summed E-state index contributed by atoms with van der Waals surface area (Å²) >= 11 is 3.31. The number of hydrogen-bond donors (Lipinski definition) is 1. The first kappa shape index (κ1) is 22.9. The van der Waals surface area contributed by atoms with Gasteiger partial charge in [0.1, 0.15) is 16.4 Å². The molecule has 1 aliphatic rings. The van der Waals surface area contributed by atoms with Crippen LogP contribution in [0.4, 0.5) is 0 Å². The molecule has 0 saturated carbocycles. The zero-order valence-electron chi connectivity index (χ0n) is 19.2. The van der Waals surface area contributed by atoms with Crippen LogP contribution < -0.4 is 10.3 Å². The average Bonchev–Trinajstić information content (AvgIpc) is 3.26. The third-order valence-electron chi connectivity index (χ3n) is 6.13. The van der Waals surface area contributed by atoms with E-state index in [0.717, 1.165) is 66.6 Å². The van der Waals surface area contributed by atoms with E-state index in [1.807, 2.05) is 54.6 Å². The van der Waals surface area contributed by atoms with Gasteiger partial charge in [-0.3, -0.25) is 9.36 Å². The van der Waals surface area contributed by atoms with Crippen LogP contribution in [0.25, 0.3) is 26.5 Å². The van der Waals surface area contributed by atoms with Gasteiger partial charge in [-0.1, -0.05) is 37.3 Å². The number of ether oxygens (including phenoxy) is 1. The zero-order chi connectivity index (χ0) is 23.7. The number of aromatic nitrogens is 2. The number of aryl methyl sites for hydroxylation is 1. The van der Waals surface area contributed by atoms with Crippen molar-refractivity contribution in [2.45, 2.75) is 26.3 Å². The summed E-state index contributed by atoms with van der Waals surface area (Å²) in [7, 11) is 1.64. The van der Waals surface area contributed by atoms with Crippen LogP contribution in [-0.2, 0) is 13.0 Å². The summed E-state index contributed by atoms with van der Waals surface area (Å²) in [5, 5.41) is 10.7. The molecule has 0 bridgehead atoms. The lowest BCUT2D eigenvalue weighted by Gasteiger charge is -2.19. The Morgan fingerprint density at radius 1 is 1.12 bits per heavy atom. The highest BCUT2D eigenvalue weighted by atomic mass is 32.2. The highest BCUT2D eigenvalue weighted by molar-refractivity contribution is 8.08. The van der Waals surface area contributed by atoms with E-state index in [1.165, 1.54) is 0 Å². The molecular formula is C27H26N2O3S2. The van der Waals surface area contributed by atoms with E-state index in [1.54, 1.807) is 34.8 Å². The van der Waals surface area contributed by atoms with Gasteiger partial charge in [-0.15, -0.1) is 23.1 Å².